The molecule has 0 amide bonds. The largest absolute Gasteiger partial charge is 0.378 e. The van der Waals surface area contributed by atoms with E-state index in [1.165, 1.54) is 0 Å². The van der Waals surface area contributed by atoms with Crippen LogP contribution in [-0.4, -0.2) is 21.9 Å². The van der Waals surface area contributed by atoms with Crippen LogP contribution in [0.2, 0.25) is 5.15 Å². The van der Waals surface area contributed by atoms with Gasteiger partial charge in [0.1, 0.15) is 5.15 Å². The lowest BCUT2D eigenvalue weighted by molar-refractivity contribution is 0.180. The number of hydrogen-bond acceptors (Lipinski definition) is 3. The topological polar surface area (TPSA) is 39.9 Å². The van der Waals surface area contributed by atoms with Crippen LogP contribution < -0.4 is 0 Å². The van der Waals surface area contributed by atoms with Gasteiger partial charge in [0.25, 0.3) is 0 Å². The number of hydrogen-bond donors (Lipinski definition) is 0. The maximum absolute atomic E-state index is 6.24. The van der Waals surface area contributed by atoms with E-state index in [0.29, 0.717) is 17.6 Å². The fraction of sp³-hybridized carbons (Fsp3) is 0.273. The van der Waals surface area contributed by atoms with Crippen molar-refractivity contribution in [3.63, 3.8) is 0 Å². The van der Waals surface area contributed by atoms with Crippen molar-refractivity contribution in [2.75, 3.05) is 7.11 Å². The van der Waals surface area contributed by atoms with Crippen molar-refractivity contribution >= 4 is 23.2 Å². The Morgan fingerprint density at radius 3 is 2.65 bits per heavy atom. The summed E-state index contributed by atoms with van der Waals surface area (Å²) < 4.78 is 6.70. The van der Waals surface area contributed by atoms with Gasteiger partial charge in [0.15, 0.2) is 0 Å². The van der Waals surface area contributed by atoms with Gasteiger partial charge >= 0.3 is 0 Å². The Labute approximate surface area is 109 Å². The van der Waals surface area contributed by atoms with Crippen LogP contribution in [0.25, 0.3) is 5.69 Å². The van der Waals surface area contributed by atoms with Crippen LogP contribution in [0.1, 0.15) is 11.3 Å². The number of aromatic nitrogens is 3. The predicted octanol–water partition coefficient (Wildman–Crippen LogP) is 2.81. The smallest absolute Gasteiger partial charge is 0.137 e. The Morgan fingerprint density at radius 1 is 1.35 bits per heavy atom. The molecule has 0 unspecified atom stereocenters. The third-order valence-corrected chi connectivity index (χ3v) is 2.98. The molecule has 2 rings (SSSR count). The van der Waals surface area contributed by atoms with Gasteiger partial charge < -0.3 is 4.74 Å². The summed E-state index contributed by atoms with van der Waals surface area (Å²) in [7, 11) is 1.61. The van der Waals surface area contributed by atoms with Gasteiger partial charge in [-0.25, -0.2) is 4.68 Å². The molecule has 0 spiro atoms. The molecule has 2 heterocycles. The highest BCUT2D eigenvalue weighted by atomic mass is 35.5. The highest BCUT2D eigenvalue weighted by Crippen LogP contribution is 2.25. The minimum Gasteiger partial charge on any atom is -0.378 e. The van der Waals surface area contributed by atoms with Gasteiger partial charge in [0, 0.05) is 25.1 Å². The SMILES string of the molecule is COCc1nn(-c2ccncc2)c(Cl)c1CCl. The Kier molecular flexibility index (Phi) is 3.99. The van der Waals surface area contributed by atoms with Crippen molar-refractivity contribution in [1.82, 2.24) is 14.8 Å². The summed E-state index contributed by atoms with van der Waals surface area (Å²) in [6.45, 7) is 0.389. The molecule has 0 fully saturated rings. The molecule has 0 aliphatic rings. The lowest BCUT2D eigenvalue weighted by Crippen LogP contribution is -1.98. The highest BCUT2D eigenvalue weighted by Gasteiger charge is 2.16. The van der Waals surface area contributed by atoms with E-state index in [0.717, 1.165) is 16.9 Å². The zero-order valence-electron chi connectivity index (χ0n) is 9.23. The quantitative estimate of drug-likeness (QED) is 0.803. The summed E-state index contributed by atoms with van der Waals surface area (Å²) in [6, 6.07) is 3.65. The van der Waals surface area contributed by atoms with E-state index in [-0.39, 0.29) is 0 Å². The van der Waals surface area contributed by atoms with Gasteiger partial charge in [-0.1, -0.05) is 11.6 Å². The highest BCUT2D eigenvalue weighted by molar-refractivity contribution is 6.31. The van der Waals surface area contributed by atoms with Crippen molar-refractivity contribution in [3.05, 3.63) is 40.9 Å². The summed E-state index contributed by atoms with van der Waals surface area (Å²) in [5, 5.41) is 4.90. The lowest BCUT2D eigenvalue weighted by atomic mass is 10.3. The van der Waals surface area contributed by atoms with Crippen LogP contribution >= 0.6 is 23.2 Å². The van der Waals surface area contributed by atoms with Crippen molar-refractivity contribution in [2.24, 2.45) is 0 Å². The number of pyridine rings is 1. The normalized spacial score (nSPS) is 10.8. The number of alkyl halides is 1. The van der Waals surface area contributed by atoms with Crippen LogP contribution in [0, 0.1) is 0 Å². The zero-order chi connectivity index (χ0) is 12.3. The average Bonchev–Trinajstić information content (AvgIpc) is 2.67. The summed E-state index contributed by atoms with van der Waals surface area (Å²) in [6.07, 6.45) is 3.37. The van der Waals surface area contributed by atoms with E-state index in [1.807, 2.05) is 12.1 Å². The number of rotatable bonds is 4. The van der Waals surface area contributed by atoms with Gasteiger partial charge in [-0.05, 0) is 12.1 Å². The Bertz CT molecular complexity index is 499. The molecule has 0 atom stereocenters. The van der Waals surface area contributed by atoms with E-state index < -0.39 is 0 Å². The molecule has 4 nitrogen and oxygen atoms in total. The van der Waals surface area contributed by atoms with Gasteiger partial charge in [-0.2, -0.15) is 5.10 Å². The molecule has 0 saturated carbocycles. The molecule has 0 bridgehead atoms. The molecule has 0 N–H and O–H groups in total. The third-order valence-electron chi connectivity index (χ3n) is 2.33. The average molecular weight is 272 g/mol. The first-order valence-corrected chi connectivity index (χ1v) is 5.90. The lowest BCUT2D eigenvalue weighted by Gasteiger charge is -2.01. The molecule has 2 aromatic rings. The Hall–Kier alpha value is -1.10. The summed E-state index contributed by atoms with van der Waals surface area (Å²) >= 11 is 12.1. The molecule has 17 heavy (non-hydrogen) atoms. The van der Waals surface area contributed by atoms with Crippen LogP contribution in [-0.2, 0) is 17.2 Å². The number of nitrogens with zero attached hydrogens (tertiary/aromatic N) is 3. The third kappa shape index (κ3) is 2.44. The predicted molar refractivity (Wildman–Crippen MR) is 66.6 cm³/mol. The second-order valence-electron chi connectivity index (χ2n) is 3.40. The van der Waals surface area contributed by atoms with E-state index in [2.05, 4.69) is 10.1 Å². The standard InChI is InChI=1S/C11H11Cl2N3O/c1-17-7-10-9(6-12)11(13)16(15-10)8-2-4-14-5-3-8/h2-5H,6-7H2,1H3. The van der Waals surface area contributed by atoms with Gasteiger partial charge in [0.05, 0.1) is 23.9 Å². The second-order valence-corrected chi connectivity index (χ2v) is 4.03. The van der Waals surface area contributed by atoms with Crippen molar-refractivity contribution in [3.8, 4) is 5.69 Å². The van der Waals surface area contributed by atoms with Crippen LogP contribution in [0.5, 0.6) is 0 Å². The number of halogens is 2. The molecular formula is C11H11Cl2N3O. The minimum atomic E-state index is 0.308. The molecule has 0 saturated heterocycles. The van der Waals surface area contributed by atoms with Crippen molar-refractivity contribution < 1.29 is 4.74 Å². The fourth-order valence-corrected chi connectivity index (χ4v) is 2.17. The summed E-state index contributed by atoms with van der Waals surface area (Å²) in [4.78, 5) is 3.95. The van der Waals surface area contributed by atoms with E-state index >= 15 is 0 Å². The molecule has 90 valence electrons. The van der Waals surface area contributed by atoms with Crippen molar-refractivity contribution in [1.29, 1.82) is 0 Å². The van der Waals surface area contributed by atoms with Crippen molar-refractivity contribution in [2.45, 2.75) is 12.5 Å². The van der Waals surface area contributed by atoms with Crippen LogP contribution in [0.15, 0.2) is 24.5 Å². The number of ether oxygens (including phenoxy) is 1. The fourth-order valence-electron chi connectivity index (χ4n) is 1.51. The molecule has 2 aromatic heterocycles. The second kappa shape index (κ2) is 5.49. The Morgan fingerprint density at radius 2 is 2.06 bits per heavy atom. The molecule has 0 aliphatic carbocycles. The van der Waals surface area contributed by atoms with E-state index in [9.17, 15) is 0 Å². The maximum Gasteiger partial charge on any atom is 0.137 e. The summed E-state index contributed by atoms with van der Waals surface area (Å²) in [5.41, 5.74) is 2.40. The molecule has 6 heteroatoms. The first-order valence-electron chi connectivity index (χ1n) is 4.99. The van der Waals surface area contributed by atoms with Gasteiger partial charge in [0.2, 0.25) is 0 Å². The summed E-state index contributed by atoms with van der Waals surface area (Å²) in [5.74, 6) is 0.308. The van der Waals surface area contributed by atoms with Crippen LogP contribution in [0.3, 0.4) is 0 Å². The monoisotopic (exact) mass is 271 g/mol. The van der Waals surface area contributed by atoms with Crippen LogP contribution in [0.4, 0.5) is 0 Å². The van der Waals surface area contributed by atoms with Gasteiger partial charge in [-0.15, -0.1) is 11.6 Å². The Balaban J connectivity index is 2.49. The molecule has 0 aliphatic heterocycles. The van der Waals surface area contributed by atoms with E-state index in [1.54, 1.807) is 24.2 Å². The minimum absolute atomic E-state index is 0.308. The molecule has 0 radical (unpaired) electrons. The van der Waals surface area contributed by atoms with Gasteiger partial charge in [-0.3, -0.25) is 4.98 Å². The maximum atomic E-state index is 6.24. The molecular weight excluding hydrogens is 261 g/mol. The zero-order valence-corrected chi connectivity index (χ0v) is 10.7. The molecule has 0 aromatic carbocycles. The first kappa shape index (κ1) is 12.4. The first-order chi connectivity index (χ1) is 8.27. The van der Waals surface area contributed by atoms with E-state index in [4.69, 9.17) is 27.9 Å². The number of methoxy groups -OCH3 is 1.